The van der Waals surface area contributed by atoms with Gasteiger partial charge in [0.2, 0.25) is 0 Å². The Bertz CT molecular complexity index is 465. The van der Waals surface area contributed by atoms with Crippen LogP contribution in [0.4, 0.5) is 0 Å². The lowest BCUT2D eigenvalue weighted by molar-refractivity contribution is 0.168. The highest BCUT2D eigenvalue weighted by Crippen LogP contribution is 2.38. The Hall–Kier alpha value is -1.66. The normalized spacial score (nSPS) is 14.6. The van der Waals surface area contributed by atoms with E-state index in [2.05, 4.69) is 24.2 Å². The van der Waals surface area contributed by atoms with Gasteiger partial charge in [0.05, 0.1) is 0 Å². The first-order chi connectivity index (χ1) is 9.86. The molecule has 1 N–H and O–H groups in total. The molecule has 108 valence electrons. The summed E-state index contributed by atoms with van der Waals surface area (Å²) in [7, 11) is 0. The van der Waals surface area contributed by atoms with E-state index in [4.69, 9.17) is 15.9 Å². The fraction of sp³-hybridized carbons (Fsp3) is 0.529. The molecule has 1 aliphatic rings. The zero-order valence-electron chi connectivity index (χ0n) is 12.2. The minimum Gasteiger partial charge on any atom is -0.486 e. The number of nitrogens with one attached hydrogen (secondary N) is 1. The molecule has 0 aliphatic carbocycles. The van der Waals surface area contributed by atoms with Gasteiger partial charge in [-0.05, 0) is 31.9 Å². The van der Waals surface area contributed by atoms with Gasteiger partial charge < -0.3 is 14.8 Å². The molecule has 0 fully saturated rings. The Balaban J connectivity index is 2.16. The van der Waals surface area contributed by atoms with Crippen LogP contribution < -0.4 is 14.8 Å². The Kier molecular flexibility index (Phi) is 5.76. The smallest absolute Gasteiger partial charge is 0.166 e. The number of terminal acetylenes is 1. The van der Waals surface area contributed by atoms with E-state index >= 15 is 0 Å². The lowest BCUT2D eigenvalue weighted by atomic mass is 9.99. The SMILES string of the molecule is C#CCCCC(NCCC)c1cccc2c1OCCO2. The quantitative estimate of drug-likeness (QED) is 0.611. The van der Waals surface area contributed by atoms with Crippen molar-refractivity contribution in [3.05, 3.63) is 23.8 Å². The van der Waals surface area contributed by atoms with E-state index in [1.165, 1.54) is 5.56 Å². The van der Waals surface area contributed by atoms with Gasteiger partial charge in [-0.1, -0.05) is 19.1 Å². The average Bonchev–Trinajstić information content (AvgIpc) is 2.50. The Morgan fingerprint density at radius 2 is 2.20 bits per heavy atom. The first kappa shape index (κ1) is 14.7. The van der Waals surface area contributed by atoms with E-state index < -0.39 is 0 Å². The van der Waals surface area contributed by atoms with Crippen molar-refractivity contribution >= 4 is 0 Å². The summed E-state index contributed by atoms with van der Waals surface area (Å²) in [4.78, 5) is 0. The van der Waals surface area contributed by atoms with Crippen molar-refractivity contribution < 1.29 is 9.47 Å². The van der Waals surface area contributed by atoms with E-state index in [0.29, 0.717) is 13.2 Å². The molecule has 1 aliphatic heterocycles. The topological polar surface area (TPSA) is 30.5 Å². The van der Waals surface area contributed by atoms with Crippen molar-refractivity contribution in [2.75, 3.05) is 19.8 Å². The molecular formula is C17H23NO2. The summed E-state index contributed by atoms with van der Waals surface area (Å²) in [5.41, 5.74) is 1.19. The number of unbranched alkanes of at least 4 members (excludes halogenated alkanes) is 1. The summed E-state index contributed by atoms with van der Waals surface area (Å²) in [5, 5.41) is 3.59. The summed E-state index contributed by atoms with van der Waals surface area (Å²) in [6.07, 6.45) is 9.31. The molecule has 0 bridgehead atoms. The van der Waals surface area contributed by atoms with Crippen LogP contribution in [-0.2, 0) is 0 Å². The molecule has 0 amide bonds. The van der Waals surface area contributed by atoms with Gasteiger partial charge in [-0.2, -0.15) is 0 Å². The number of para-hydroxylation sites is 1. The maximum Gasteiger partial charge on any atom is 0.166 e. The minimum atomic E-state index is 0.278. The number of benzene rings is 1. The maximum atomic E-state index is 5.82. The molecule has 0 radical (unpaired) electrons. The lowest BCUT2D eigenvalue weighted by Gasteiger charge is -2.26. The molecule has 1 heterocycles. The van der Waals surface area contributed by atoms with Gasteiger partial charge in [-0.3, -0.25) is 0 Å². The molecule has 0 spiro atoms. The fourth-order valence-electron chi connectivity index (χ4n) is 2.47. The minimum absolute atomic E-state index is 0.278. The third-order valence-electron chi connectivity index (χ3n) is 3.43. The Morgan fingerprint density at radius 1 is 1.35 bits per heavy atom. The molecule has 1 atom stereocenters. The highest BCUT2D eigenvalue weighted by molar-refractivity contribution is 5.48. The summed E-state index contributed by atoms with van der Waals surface area (Å²) in [5.74, 6) is 4.46. The van der Waals surface area contributed by atoms with Crippen LogP contribution >= 0.6 is 0 Å². The third kappa shape index (κ3) is 3.68. The number of ether oxygens (including phenoxy) is 2. The van der Waals surface area contributed by atoms with Gasteiger partial charge in [-0.25, -0.2) is 0 Å². The Morgan fingerprint density at radius 3 is 3.00 bits per heavy atom. The predicted octanol–water partition coefficient (Wildman–Crippen LogP) is 3.30. The molecule has 0 aromatic heterocycles. The number of hydrogen-bond acceptors (Lipinski definition) is 3. The summed E-state index contributed by atoms with van der Waals surface area (Å²) in [6, 6.07) is 6.40. The second-order valence-corrected chi connectivity index (χ2v) is 4.97. The Labute approximate surface area is 121 Å². The van der Waals surface area contributed by atoms with Gasteiger partial charge in [0, 0.05) is 18.0 Å². The lowest BCUT2D eigenvalue weighted by Crippen LogP contribution is -2.24. The zero-order chi connectivity index (χ0) is 14.2. The van der Waals surface area contributed by atoms with Crippen LogP contribution in [-0.4, -0.2) is 19.8 Å². The van der Waals surface area contributed by atoms with Gasteiger partial charge in [0.1, 0.15) is 13.2 Å². The van der Waals surface area contributed by atoms with Crippen LogP contribution in [0.2, 0.25) is 0 Å². The van der Waals surface area contributed by atoms with Crippen LogP contribution in [0, 0.1) is 12.3 Å². The zero-order valence-corrected chi connectivity index (χ0v) is 12.2. The van der Waals surface area contributed by atoms with E-state index in [9.17, 15) is 0 Å². The van der Waals surface area contributed by atoms with E-state index in [1.807, 2.05) is 12.1 Å². The molecule has 1 unspecified atom stereocenters. The second-order valence-electron chi connectivity index (χ2n) is 4.97. The highest BCUT2D eigenvalue weighted by atomic mass is 16.6. The van der Waals surface area contributed by atoms with Crippen molar-refractivity contribution in [2.24, 2.45) is 0 Å². The summed E-state index contributed by atoms with van der Waals surface area (Å²) >= 11 is 0. The summed E-state index contributed by atoms with van der Waals surface area (Å²) < 4.78 is 11.5. The van der Waals surface area contributed by atoms with Crippen molar-refractivity contribution in [3.8, 4) is 23.8 Å². The molecule has 0 saturated carbocycles. The fourth-order valence-corrected chi connectivity index (χ4v) is 2.47. The van der Waals surface area contributed by atoms with Gasteiger partial charge in [-0.15, -0.1) is 12.3 Å². The van der Waals surface area contributed by atoms with Crippen molar-refractivity contribution in [1.82, 2.24) is 5.32 Å². The highest BCUT2D eigenvalue weighted by Gasteiger charge is 2.21. The molecule has 20 heavy (non-hydrogen) atoms. The molecule has 3 heteroatoms. The number of rotatable bonds is 7. The van der Waals surface area contributed by atoms with Gasteiger partial charge >= 0.3 is 0 Å². The molecular weight excluding hydrogens is 250 g/mol. The molecule has 3 nitrogen and oxygen atoms in total. The van der Waals surface area contributed by atoms with Crippen LogP contribution in [0.1, 0.15) is 44.2 Å². The largest absolute Gasteiger partial charge is 0.486 e. The van der Waals surface area contributed by atoms with Crippen molar-refractivity contribution in [2.45, 2.75) is 38.6 Å². The number of hydrogen-bond donors (Lipinski definition) is 1. The van der Waals surface area contributed by atoms with Crippen LogP contribution in [0.3, 0.4) is 0 Å². The molecule has 0 saturated heterocycles. The average molecular weight is 273 g/mol. The van der Waals surface area contributed by atoms with E-state index in [-0.39, 0.29) is 6.04 Å². The molecule has 1 aromatic carbocycles. The van der Waals surface area contributed by atoms with Gasteiger partial charge in [0.15, 0.2) is 11.5 Å². The first-order valence-corrected chi connectivity index (χ1v) is 7.42. The van der Waals surface area contributed by atoms with Crippen molar-refractivity contribution in [3.63, 3.8) is 0 Å². The maximum absolute atomic E-state index is 5.82. The summed E-state index contributed by atoms with van der Waals surface area (Å²) in [6.45, 7) is 4.41. The third-order valence-corrected chi connectivity index (χ3v) is 3.43. The standard InChI is InChI=1S/C17H23NO2/c1-3-5-6-9-15(18-11-4-2)14-8-7-10-16-17(14)20-13-12-19-16/h1,7-8,10,15,18H,4-6,9,11-13H2,2H3. The van der Waals surface area contributed by atoms with Crippen molar-refractivity contribution in [1.29, 1.82) is 0 Å². The first-order valence-electron chi connectivity index (χ1n) is 7.42. The predicted molar refractivity (Wildman–Crippen MR) is 81.2 cm³/mol. The molecule has 2 rings (SSSR count). The van der Waals surface area contributed by atoms with E-state index in [1.54, 1.807) is 0 Å². The van der Waals surface area contributed by atoms with Crippen LogP contribution in [0.15, 0.2) is 18.2 Å². The molecule has 1 aromatic rings. The monoisotopic (exact) mass is 273 g/mol. The van der Waals surface area contributed by atoms with Gasteiger partial charge in [0.25, 0.3) is 0 Å². The van der Waals surface area contributed by atoms with Crippen LogP contribution in [0.5, 0.6) is 11.5 Å². The second kappa shape index (κ2) is 7.81. The number of fused-ring (bicyclic) bond motifs is 1. The van der Waals surface area contributed by atoms with E-state index in [0.717, 1.165) is 43.7 Å². The van der Waals surface area contributed by atoms with Crippen LogP contribution in [0.25, 0.3) is 0 Å².